The summed E-state index contributed by atoms with van der Waals surface area (Å²) >= 11 is 0. The number of benzene rings is 1. The molecule has 0 saturated heterocycles. The van der Waals surface area contributed by atoms with Crippen LogP contribution in [0.4, 0.5) is 0 Å². The van der Waals surface area contributed by atoms with E-state index >= 15 is 0 Å². The number of aliphatic hydroxyl groups is 1. The van der Waals surface area contributed by atoms with Crippen molar-refractivity contribution in [3.63, 3.8) is 0 Å². The third-order valence-corrected chi connectivity index (χ3v) is 5.06. The molecule has 0 fully saturated rings. The number of ketones is 1. The van der Waals surface area contributed by atoms with Gasteiger partial charge in [-0.3, -0.25) is 9.59 Å². The van der Waals surface area contributed by atoms with E-state index in [-0.39, 0.29) is 23.7 Å². The summed E-state index contributed by atoms with van der Waals surface area (Å²) in [4.78, 5) is 26.3. The molecule has 2 rings (SSSR count). The van der Waals surface area contributed by atoms with Gasteiger partial charge in [-0.05, 0) is 30.9 Å². The first kappa shape index (κ1) is 16.7. The van der Waals surface area contributed by atoms with Crippen LogP contribution in [0.2, 0.25) is 0 Å². The first-order valence-electron chi connectivity index (χ1n) is 7.99. The Bertz CT molecular complexity index is 567. The lowest BCUT2D eigenvalue weighted by Gasteiger charge is -2.34. The van der Waals surface area contributed by atoms with Crippen molar-refractivity contribution >= 4 is 11.7 Å². The number of rotatable bonds is 6. The van der Waals surface area contributed by atoms with Gasteiger partial charge < -0.3 is 10.0 Å². The molecule has 0 bridgehead atoms. The zero-order valence-corrected chi connectivity index (χ0v) is 13.7. The highest BCUT2D eigenvalue weighted by Crippen LogP contribution is 2.29. The number of amides is 1. The first-order valence-corrected chi connectivity index (χ1v) is 7.99. The van der Waals surface area contributed by atoms with Crippen molar-refractivity contribution in [2.45, 2.75) is 39.5 Å². The maximum Gasteiger partial charge on any atom is 0.253 e. The molecule has 1 amide bonds. The number of fused-ring (bicyclic) bond motifs is 1. The van der Waals surface area contributed by atoms with Crippen molar-refractivity contribution in [3.8, 4) is 0 Å². The molecule has 0 radical (unpaired) electrons. The van der Waals surface area contributed by atoms with Crippen LogP contribution in [0.3, 0.4) is 0 Å². The minimum absolute atomic E-state index is 0.0636. The number of carbonyl (C=O) groups excluding carboxylic acids is 2. The number of aliphatic hydroxyl groups excluding tert-OH is 1. The monoisotopic (exact) mass is 303 g/mol. The summed E-state index contributed by atoms with van der Waals surface area (Å²) in [6.45, 7) is 4.67. The van der Waals surface area contributed by atoms with Crippen LogP contribution >= 0.6 is 0 Å². The third-order valence-electron chi connectivity index (χ3n) is 5.06. The number of nitrogens with zero attached hydrogens (tertiary/aromatic N) is 1. The molecule has 0 spiro atoms. The van der Waals surface area contributed by atoms with E-state index in [1.165, 1.54) is 0 Å². The molecule has 0 atom stereocenters. The molecule has 1 aromatic rings. The Labute approximate surface area is 132 Å². The van der Waals surface area contributed by atoms with Gasteiger partial charge in [0.2, 0.25) is 0 Å². The zero-order chi connectivity index (χ0) is 16.3. The van der Waals surface area contributed by atoms with Crippen LogP contribution < -0.4 is 0 Å². The fourth-order valence-electron chi connectivity index (χ4n) is 3.22. The van der Waals surface area contributed by atoms with Crippen molar-refractivity contribution in [2.24, 2.45) is 5.41 Å². The van der Waals surface area contributed by atoms with Crippen LogP contribution in [-0.2, 0) is 6.42 Å². The Morgan fingerprint density at radius 3 is 2.55 bits per heavy atom. The van der Waals surface area contributed by atoms with E-state index in [1.807, 2.05) is 13.8 Å². The first-order chi connectivity index (χ1) is 10.5. The van der Waals surface area contributed by atoms with Gasteiger partial charge in [0.1, 0.15) is 0 Å². The Morgan fingerprint density at radius 2 is 1.95 bits per heavy atom. The summed E-state index contributed by atoms with van der Waals surface area (Å²) in [6, 6.07) is 5.38. The summed E-state index contributed by atoms with van der Waals surface area (Å²) in [5, 5.41) is 9.68. The highest BCUT2D eigenvalue weighted by Gasteiger charge is 2.31. The molecular weight excluding hydrogens is 278 g/mol. The average Bonchev–Trinajstić information content (AvgIpc) is 2.93. The Balaban J connectivity index is 2.24. The van der Waals surface area contributed by atoms with Gasteiger partial charge in [0.25, 0.3) is 5.91 Å². The summed E-state index contributed by atoms with van der Waals surface area (Å²) in [7, 11) is 1.77. The van der Waals surface area contributed by atoms with E-state index in [4.69, 9.17) is 0 Å². The fraction of sp³-hybridized carbons (Fsp3) is 0.556. The molecule has 1 aliphatic rings. The van der Waals surface area contributed by atoms with Crippen LogP contribution in [0.5, 0.6) is 0 Å². The van der Waals surface area contributed by atoms with Gasteiger partial charge in [-0.2, -0.15) is 0 Å². The van der Waals surface area contributed by atoms with Crippen LogP contribution in [0, 0.1) is 5.41 Å². The Kier molecular flexibility index (Phi) is 5.01. The molecule has 0 saturated carbocycles. The minimum Gasteiger partial charge on any atom is -0.396 e. The quantitative estimate of drug-likeness (QED) is 0.879. The van der Waals surface area contributed by atoms with Gasteiger partial charge in [0, 0.05) is 36.6 Å². The Morgan fingerprint density at radius 1 is 1.27 bits per heavy atom. The van der Waals surface area contributed by atoms with Crippen molar-refractivity contribution in [2.75, 3.05) is 20.2 Å². The molecule has 0 aromatic heterocycles. The highest BCUT2D eigenvalue weighted by atomic mass is 16.3. The maximum atomic E-state index is 12.8. The van der Waals surface area contributed by atoms with Gasteiger partial charge in [-0.15, -0.1) is 0 Å². The standard InChI is InChI=1S/C18H25NO3/c1-4-18(5-2,12-20)11-19(3)17(22)15-8-6-7-14-13(15)9-10-16(14)21/h6-8,20H,4-5,9-12H2,1-3H3. The highest BCUT2D eigenvalue weighted by molar-refractivity contribution is 6.05. The second-order valence-electron chi connectivity index (χ2n) is 6.28. The molecule has 22 heavy (non-hydrogen) atoms. The lowest BCUT2D eigenvalue weighted by Crippen LogP contribution is -2.41. The van der Waals surface area contributed by atoms with Crippen molar-refractivity contribution in [1.29, 1.82) is 0 Å². The second-order valence-corrected chi connectivity index (χ2v) is 6.28. The largest absolute Gasteiger partial charge is 0.396 e. The number of Topliss-reactive ketones (excluding diaryl/α,β-unsaturated/α-hetero) is 1. The lowest BCUT2D eigenvalue weighted by molar-refractivity contribution is 0.0544. The predicted octanol–water partition coefficient (Wildman–Crippen LogP) is 2.69. The fourth-order valence-corrected chi connectivity index (χ4v) is 3.22. The molecule has 0 unspecified atom stereocenters. The van der Waals surface area contributed by atoms with Gasteiger partial charge in [0.05, 0.1) is 6.61 Å². The summed E-state index contributed by atoms with van der Waals surface area (Å²) in [6.07, 6.45) is 2.79. The molecule has 1 N–H and O–H groups in total. The van der Waals surface area contributed by atoms with E-state index < -0.39 is 0 Å². The molecule has 4 heteroatoms. The summed E-state index contributed by atoms with van der Waals surface area (Å²) in [5.41, 5.74) is 1.95. The lowest BCUT2D eigenvalue weighted by atomic mass is 9.82. The Hall–Kier alpha value is -1.68. The number of hydrogen-bond acceptors (Lipinski definition) is 3. The van der Waals surface area contributed by atoms with Gasteiger partial charge in [-0.25, -0.2) is 0 Å². The zero-order valence-electron chi connectivity index (χ0n) is 13.7. The van der Waals surface area contributed by atoms with Gasteiger partial charge in [-0.1, -0.05) is 26.0 Å². The van der Waals surface area contributed by atoms with E-state index in [2.05, 4.69) is 0 Å². The van der Waals surface area contributed by atoms with Crippen molar-refractivity contribution in [3.05, 3.63) is 34.9 Å². The topological polar surface area (TPSA) is 57.6 Å². The van der Waals surface area contributed by atoms with E-state index in [1.54, 1.807) is 30.1 Å². The van der Waals surface area contributed by atoms with E-state index in [0.717, 1.165) is 18.4 Å². The minimum atomic E-state index is -0.252. The molecule has 120 valence electrons. The molecule has 4 nitrogen and oxygen atoms in total. The summed E-state index contributed by atoms with van der Waals surface area (Å²) < 4.78 is 0. The molecule has 0 heterocycles. The van der Waals surface area contributed by atoms with Crippen LogP contribution in [0.15, 0.2) is 18.2 Å². The smallest absolute Gasteiger partial charge is 0.253 e. The molecular formula is C18H25NO3. The molecule has 0 aliphatic heterocycles. The predicted molar refractivity (Wildman–Crippen MR) is 86.2 cm³/mol. The SMILES string of the molecule is CCC(CC)(CO)CN(C)C(=O)c1cccc2c1CCC2=O. The average molecular weight is 303 g/mol. The van der Waals surface area contributed by atoms with Crippen LogP contribution in [-0.4, -0.2) is 41.9 Å². The number of carbonyl (C=O) groups is 2. The van der Waals surface area contributed by atoms with E-state index in [0.29, 0.717) is 30.5 Å². The van der Waals surface area contributed by atoms with Gasteiger partial charge >= 0.3 is 0 Å². The van der Waals surface area contributed by atoms with Crippen LogP contribution in [0.25, 0.3) is 0 Å². The normalized spacial score (nSPS) is 14.1. The summed E-state index contributed by atoms with van der Waals surface area (Å²) in [5.74, 6) is 0.0606. The van der Waals surface area contributed by atoms with Crippen molar-refractivity contribution in [1.82, 2.24) is 4.90 Å². The maximum absolute atomic E-state index is 12.8. The number of hydrogen-bond donors (Lipinski definition) is 1. The van der Waals surface area contributed by atoms with Gasteiger partial charge in [0.15, 0.2) is 5.78 Å². The van der Waals surface area contributed by atoms with Crippen LogP contribution in [0.1, 0.15) is 59.4 Å². The molecule has 1 aliphatic carbocycles. The van der Waals surface area contributed by atoms with E-state index in [9.17, 15) is 14.7 Å². The third kappa shape index (κ3) is 2.93. The second kappa shape index (κ2) is 6.61. The van der Waals surface area contributed by atoms with Crippen molar-refractivity contribution < 1.29 is 14.7 Å². The molecule has 1 aromatic carbocycles.